The third-order valence-corrected chi connectivity index (χ3v) is 3.29. The molecule has 0 heterocycles. The summed E-state index contributed by atoms with van der Waals surface area (Å²) in [7, 11) is 0. The van der Waals surface area contributed by atoms with Gasteiger partial charge in [0.05, 0.1) is 0 Å². The van der Waals surface area contributed by atoms with Crippen LogP contribution < -0.4 is 4.90 Å². The smallest absolute Gasteiger partial charge is 0.161 e. The number of carbonyl (C=O) groups is 1. The Balaban J connectivity index is 3.08. The molecule has 0 radical (unpaired) electrons. The maximum atomic E-state index is 13.2. The summed E-state index contributed by atoms with van der Waals surface area (Å²) in [5.74, 6) is 0.102. The number of Topliss-reactive ketones (excluding diaryl/α,β-unsaturated/α-hetero) is 1. The standard InChI is InChI=1S/C15H22FNO/c1-5-11(3)10-17(6-2)15-8-7-13(16)9-14(15)12(4)18/h7-9,11H,5-6,10H2,1-4H3. The van der Waals surface area contributed by atoms with Crippen molar-refractivity contribution < 1.29 is 9.18 Å². The number of nitrogens with zero attached hydrogens (tertiary/aromatic N) is 1. The van der Waals surface area contributed by atoms with Crippen LogP contribution in [0.5, 0.6) is 0 Å². The molecular formula is C15H22FNO. The van der Waals surface area contributed by atoms with Gasteiger partial charge >= 0.3 is 0 Å². The summed E-state index contributed by atoms with van der Waals surface area (Å²) in [5.41, 5.74) is 1.31. The van der Waals surface area contributed by atoms with E-state index in [1.807, 2.05) is 0 Å². The van der Waals surface area contributed by atoms with Gasteiger partial charge in [-0.2, -0.15) is 0 Å². The van der Waals surface area contributed by atoms with Crippen LogP contribution in [0.2, 0.25) is 0 Å². The van der Waals surface area contributed by atoms with Crippen LogP contribution in [-0.4, -0.2) is 18.9 Å². The van der Waals surface area contributed by atoms with Crippen LogP contribution in [0.25, 0.3) is 0 Å². The fraction of sp³-hybridized carbons (Fsp3) is 0.533. The van der Waals surface area contributed by atoms with E-state index < -0.39 is 0 Å². The fourth-order valence-electron chi connectivity index (χ4n) is 1.97. The van der Waals surface area contributed by atoms with Crippen LogP contribution in [0.1, 0.15) is 44.5 Å². The number of hydrogen-bond donors (Lipinski definition) is 0. The molecule has 3 heteroatoms. The van der Waals surface area contributed by atoms with Crippen molar-refractivity contribution in [3.8, 4) is 0 Å². The van der Waals surface area contributed by atoms with Crippen LogP contribution in [0, 0.1) is 11.7 Å². The van der Waals surface area contributed by atoms with Gasteiger partial charge in [-0.3, -0.25) is 4.79 Å². The van der Waals surface area contributed by atoms with E-state index in [0.717, 1.165) is 25.2 Å². The fourth-order valence-corrected chi connectivity index (χ4v) is 1.97. The third kappa shape index (κ3) is 3.56. The average molecular weight is 251 g/mol. The van der Waals surface area contributed by atoms with Crippen molar-refractivity contribution in [1.29, 1.82) is 0 Å². The van der Waals surface area contributed by atoms with E-state index in [9.17, 15) is 9.18 Å². The summed E-state index contributed by atoms with van der Waals surface area (Å²) in [6, 6.07) is 4.45. The summed E-state index contributed by atoms with van der Waals surface area (Å²) in [6.45, 7) is 9.56. The number of benzene rings is 1. The molecule has 0 saturated heterocycles. The lowest BCUT2D eigenvalue weighted by molar-refractivity contribution is 0.101. The third-order valence-electron chi connectivity index (χ3n) is 3.29. The molecule has 0 aliphatic heterocycles. The van der Waals surface area contributed by atoms with Crippen molar-refractivity contribution in [3.63, 3.8) is 0 Å². The van der Waals surface area contributed by atoms with E-state index in [4.69, 9.17) is 0 Å². The maximum absolute atomic E-state index is 13.2. The molecule has 0 aromatic heterocycles. The molecule has 0 fully saturated rings. The van der Waals surface area contributed by atoms with Crippen LogP contribution >= 0.6 is 0 Å². The molecule has 0 N–H and O–H groups in total. The largest absolute Gasteiger partial charge is 0.371 e. The number of ketones is 1. The van der Waals surface area contributed by atoms with Gasteiger partial charge < -0.3 is 4.90 Å². The van der Waals surface area contributed by atoms with Gasteiger partial charge in [-0.1, -0.05) is 20.3 Å². The van der Waals surface area contributed by atoms with E-state index in [2.05, 4.69) is 25.7 Å². The lowest BCUT2D eigenvalue weighted by atomic mass is 10.0. The Morgan fingerprint density at radius 3 is 2.56 bits per heavy atom. The zero-order valence-corrected chi connectivity index (χ0v) is 11.7. The quantitative estimate of drug-likeness (QED) is 0.715. The minimum atomic E-state index is -0.358. The normalized spacial score (nSPS) is 12.3. The molecule has 18 heavy (non-hydrogen) atoms. The Hall–Kier alpha value is -1.38. The number of carbonyl (C=O) groups excluding carboxylic acids is 1. The van der Waals surface area contributed by atoms with Gasteiger partial charge in [0, 0.05) is 24.3 Å². The van der Waals surface area contributed by atoms with Gasteiger partial charge in [0.2, 0.25) is 0 Å². The molecule has 0 spiro atoms. The second kappa shape index (κ2) is 6.53. The molecule has 0 aliphatic rings. The highest BCUT2D eigenvalue weighted by Crippen LogP contribution is 2.23. The highest BCUT2D eigenvalue weighted by atomic mass is 19.1. The van der Waals surface area contributed by atoms with Crippen LogP contribution in [0.4, 0.5) is 10.1 Å². The predicted octanol–water partition coefficient (Wildman–Crippen LogP) is 3.90. The predicted molar refractivity (Wildman–Crippen MR) is 73.7 cm³/mol. The van der Waals surface area contributed by atoms with Crippen molar-refractivity contribution in [1.82, 2.24) is 0 Å². The number of rotatable bonds is 6. The van der Waals surface area contributed by atoms with Crippen molar-refractivity contribution in [3.05, 3.63) is 29.6 Å². The molecule has 1 aromatic rings. The second-order valence-corrected chi connectivity index (χ2v) is 4.77. The van der Waals surface area contributed by atoms with Gasteiger partial charge in [-0.15, -0.1) is 0 Å². The number of hydrogen-bond acceptors (Lipinski definition) is 2. The molecule has 1 atom stereocenters. The topological polar surface area (TPSA) is 20.3 Å². The first-order valence-electron chi connectivity index (χ1n) is 6.55. The van der Waals surface area contributed by atoms with Crippen molar-refractivity contribution in [2.24, 2.45) is 5.92 Å². The van der Waals surface area contributed by atoms with Gasteiger partial charge in [0.1, 0.15) is 5.82 Å². The molecule has 0 bridgehead atoms. The first kappa shape index (κ1) is 14.7. The highest BCUT2D eigenvalue weighted by molar-refractivity contribution is 5.99. The van der Waals surface area contributed by atoms with E-state index in [1.54, 1.807) is 6.07 Å². The molecular weight excluding hydrogens is 229 g/mol. The Kier molecular flexibility index (Phi) is 5.32. The molecule has 0 aliphatic carbocycles. The summed E-state index contributed by atoms with van der Waals surface area (Å²) < 4.78 is 13.2. The Labute approximate surface area is 109 Å². The van der Waals surface area contributed by atoms with Crippen LogP contribution in [0.15, 0.2) is 18.2 Å². The SMILES string of the molecule is CCC(C)CN(CC)c1ccc(F)cc1C(C)=O. The first-order valence-corrected chi connectivity index (χ1v) is 6.55. The Morgan fingerprint density at radius 1 is 1.39 bits per heavy atom. The molecule has 1 unspecified atom stereocenters. The van der Waals surface area contributed by atoms with Gasteiger partial charge in [-0.25, -0.2) is 4.39 Å². The average Bonchev–Trinajstić information content (AvgIpc) is 2.35. The summed E-state index contributed by atoms with van der Waals surface area (Å²) >= 11 is 0. The Morgan fingerprint density at radius 2 is 2.06 bits per heavy atom. The Bertz CT molecular complexity index is 417. The van der Waals surface area contributed by atoms with E-state index in [1.165, 1.54) is 19.1 Å². The van der Waals surface area contributed by atoms with Crippen LogP contribution in [0.3, 0.4) is 0 Å². The molecule has 1 aromatic carbocycles. The summed E-state index contributed by atoms with van der Waals surface area (Å²) in [4.78, 5) is 13.7. The van der Waals surface area contributed by atoms with Gasteiger partial charge in [0.25, 0.3) is 0 Å². The zero-order chi connectivity index (χ0) is 13.7. The zero-order valence-electron chi connectivity index (χ0n) is 11.7. The van der Waals surface area contributed by atoms with E-state index in [-0.39, 0.29) is 11.6 Å². The maximum Gasteiger partial charge on any atom is 0.161 e. The van der Waals surface area contributed by atoms with Gasteiger partial charge in [-0.05, 0) is 38.0 Å². The molecule has 2 nitrogen and oxygen atoms in total. The summed E-state index contributed by atoms with van der Waals surface area (Å²) in [6.07, 6.45) is 1.09. The highest BCUT2D eigenvalue weighted by Gasteiger charge is 2.15. The monoisotopic (exact) mass is 251 g/mol. The minimum absolute atomic E-state index is 0.0906. The molecule has 0 saturated carbocycles. The second-order valence-electron chi connectivity index (χ2n) is 4.77. The first-order chi connectivity index (χ1) is 8.49. The molecule has 1 rings (SSSR count). The van der Waals surface area contributed by atoms with Crippen molar-refractivity contribution in [2.45, 2.75) is 34.1 Å². The molecule has 100 valence electrons. The van der Waals surface area contributed by atoms with E-state index in [0.29, 0.717) is 11.5 Å². The molecule has 0 amide bonds. The number of halogens is 1. The summed E-state index contributed by atoms with van der Waals surface area (Å²) in [5, 5.41) is 0. The minimum Gasteiger partial charge on any atom is -0.371 e. The van der Waals surface area contributed by atoms with Crippen LogP contribution in [-0.2, 0) is 0 Å². The van der Waals surface area contributed by atoms with Crippen molar-refractivity contribution in [2.75, 3.05) is 18.0 Å². The van der Waals surface area contributed by atoms with Gasteiger partial charge in [0.15, 0.2) is 5.78 Å². The lowest BCUT2D eigenvalue weighted by Gasteiger charge is -2.27. The number of anilines is 1. The lowest BCUT2D eigenvalue weighted by Crippen LogP contribution is -2.29. The van der Waals surface area contributed by atoms with E-state index >= 15 is 0 Å². The van der Waals surface area contributed by atoms with Crippen molar-refractivity contribution >= 4 is 11.5 Å².